The van der Waals surface area contributed by atoms with Crippen LogP contribution >= 0.6 is 0 Å². The molecule has 0 fully saturated rings. The maximum atomic E-state index is 4.16. The molecule has 0 aliphatic carbocycles. The van der Waals surface area contributed by atoms with Crippen molar-refractivity contribution in [3.05, 3.63) is 17.7 Å². The van der Waals surface area contributed by atoms with Crippen LogP contribution in [0.3, 0.4) is 0 Å². The van der Waals surface area contributed by atoms with Gasteiger partial charge < -0.3 is 0 Å². The van der Waals surface area contributed by atoms with Crippen LogP contribution in [-0.2, 0) is 0 Å². The highest BCUT2D eigenvalue weighted by Gasteiger charge is 1.99. The molecule has 0 amide bonds. The first-order chi connectivity index (χ1) is 5.25. The Bertz CT molecular complexity index is 258. The minimum Gasteiger partial charge on any atom is -0.258 e. The third-order valence-electron chi connectivity index (χ3n) is 1.45. The van der Waals surface area contributed by atoms with Crippen molar-refractivity contribution >= 4 is 11.9 Å². The molecule has 1 aromatic rings. The molecule has 0 unspecified atom stereocenters. The standard InChI is InChI=1S/C8H11N3/c1-4-9-8-6(2)10-5-11-7(8)3/h4-5H,1-3H3. The van der Waals surface area contributed by atoms with Crippen molar-refractivity contribution in [2.75, 3.05) is 0 Å². The second kappa shape index (κ2) is 3.23. The highest BCUT2D eigenvalue weighted by atomic mass is 14.9. The quantitative estimate of drug-likeness (QED) is 0.571. The lowest BCUT2D eigenvalue weighted by atomic mass is 10.3. The molecule has 0 aromatic carbocycles. The molecule has 3 heteroatoms. The summed E-state index contributed by atoms with van der Waals surface area (Å²) in [5.41, 5.74) is 2.74. The number of aromatic nitrogens is 2. The van der Waals surface area contributed by atoms with Gasteiger partial charge in [0.05, 0.1) is 11.4 Å². The van der Waals surface area contributed by atoms with Gasteiger partial charge >= 0.3 is 0 Å². The molecule has 0 saturated carbocycles. The zero-order valence-electron chi connectivity index (χ0n) is 7.00. The topological polar surface area (TPSA) is 38.1 Å². The summed E-state index contributed by atoms with van der Waals surface area (Å²) >= 11 is 0. The van der Waals surface area contributed by atoms with Crippen molar-refractivity contribution in [3.63, 3.8) is 0 Å². The maximum Gasteiger partial charge on any atom is 0.116 e. The summed E-state index contributed by atoms with van der Waals surface area (Å²) in [5, 5.41) is 0. The molecule has 3 nitrogen and oxygen atoms in total. The molecule has 0 atom stereocenters. The van der Waals surface area contributed by atoms with E-state index in [1.54, 1.807) is 12.5 Å². The Hall–Kier alpha value is -1.25. The Labute approximate surface area is 66.2 Å². The lowest BCUT2D eigenvalue weighted by Gasteiger charge is -1.99. The average Bonchev–Trinajstić information content (AvgIpc) is 1.97. The van der Waals surface area contributed by atoms with E-state index in [-0.39, 0.29) is 0 Å². The molecular formula is C8H11N3. The summed E-state index contributed by atoms with van der Waals surface area (Å²) in [4.78, 5) is 12.2. The molecular weight excluding hydrogens is 138 g/mol. The fourth-order valence-electron chi connectivity index (χ4n) is 0.902. The van der Waals surface area contributed by atoms with Crippen molar-refractivity contribution < 1.29 is 0 Å². The second-order valence-electron chi connectivity index (χ2n) is 2.28. The van der Waals surface area contributed by atoms with Gasteiger partial charge in [0.25, 0.3) is 0 Å². The first-order valence-corrected chi connectivity index (χ1v) is 3.52. The van der Waals surface area contributed by atoms with E-state index in [0.717, 1.165) is 17.1 Å². The summed E-state index contributed by atoms with van der Waals surface area (Å²) in [6.45, 7) is 5.74. The predicted molar refractivity (Wildman–Crippen MR) is 45.3 cm³/mol. The molecule has 11 heavy (non-hydrogen) atoms. The highest BCUT2D eigenvalue weighted by molar-refractivity contribution is 5.62. The van der Waals surface area contributed by atoms with Crippen LogP contribution in [0.15, 0.2) is 11.3 Å². The SMILES string of the molecule is CC=Nc1c(C)ncnc1C. The van der Waals surface area contributed by atoms with Gasteiger partial charge in [0.15, 0.2) is 0 Å². The number of hydrogen-bond acceptors (Lipinski definition) is 3. The molecule has 0 spiro atoms. The van der Waals surface area contributed by atoms with Crippen LogP contribution in [-0.4, -0.2) is 16.2 Å². The Balaban J connectivity index is 3.20. The normalized spacial score (nSPS) is 10.8. The molecule has 1 aromatic heterocycles. The van der Waals surface area contributed by atoms with Crippen molar-refractivity contribution in [2.24, 2.45) is 4.99 Å². The van der Waals surface area contributed by atoms with Crippen LogP contribution in [0.2, 0.25) is 0 Å². The fourth-order valence-corrected chi connectivity index (χ4v) is 0.902. The zero-order valence-corrected chi connectivity index (χ0v) is 7.00. The lowest BCUT2D eigenvalue weighted by molar-refractivity contribution is 1.05. The number of aryl methyl sites for hydroxylation is 2. The van der Waals surface area contributed by atoms with Crippen molar-refractivity contribution in [2.45, 2.75) is 20.8 Å². The van der Waals surface area contributed by atoms with Gasteiger partial charge in [-0.15, -0.1) is 0 Å². The second-order valence-corrected chi connectivity index (χ2v) is 2.28. The Morgan fingerprint density at radius 3 is 2.27 bits per heavy atom. The summed E-state index contributed by atoms with van der Waals surface area (Å²) in [6, 6.07) is 0. The Morgan fingerprint density at radius 1 is 1.27 bits per heavy atom. The maximum absolute atomic E-state index is 4.16. The molecule has 0 aliphatic heterocycles. The average molecular weight is 149 g/mol. The molecule has 0 saturated heterocycles. The largest absolute Gasteiger partial charge is 0.258 e. The monoisotopic (exact) mass is 149 g/mol. The van der Waals surface area contributed by atoms with Crippen LogP contribution in [0.5, 0.6) is 0 Å². The van der Waals surface area contributed by atoms with E-state index < -0.39 is 0 Å². The van der Waals surface area contributed by atoms with E-state index in [1.165, 1.54) is 0 Å². The van der Waals surface area contributed by atoms with Crippen LogP contribution in [0.25, 0.3) is 0 Å². The van der Waals surface area contributed by atoms with Gasteiger partial charge in [0.1, 0.15) is 12.0 Å². The smallest absolute Gasteiger partial charge is 0.116 e. The molecule has 0 bridgehead atoms. The van der Waals surface area contributed by atoms with E-state index >= 15 is 0 Å². The summed E-state index contributed by atoms with van der Waals surface area (Å²) in [6.07, 6.45) is 3.30. The van der Waals surface area contributed by atoms with Crippen molar-refractivity contribution in [1.82, 2.24) is 9.97 Å². The fraction of sp³-hybridized carbons (Fsp3) is 0.375. The lowest BCUT2D eigenvalue weighted by Crippen LogP contribution is -1.88. The Morgan fingerprint density at radius 2 is 1.82 bits per heavy atom. The third-order valence-corrected chi connectivity index (χ3v) is 1.45. The number of aliphatic imine (C=N–C) groups is 1. The molecule has 0 aliphatic rings. The number of rotatable bonds is 1. The van der Waals surface area contributed by atoms with Gasteiger partial charge in [-0.1, -0.05) is 0 Å². The van der Waals surface area contributed by atoms with Gasteiger partial charge in [-0.3, -0.25) is 4.99 Å². The minimum absolute atomic E-state index is 0.884. The zero-order chi connectivity index (χ0) is 8.27. The minimum atomic E-state index is 0.884. The van der Waals surface area contributed by atoms with Crippen molar-refractivity contribution in [1.29, 1.82) is 0 Å². The molecule has 1 heterocycles. The molecule has 0 radical (unpaired) electrons. The van der Waals surface area contributed by atoms with Gasteiger partial charge in [-0.25, -0.2) is 9.97 Å². The summed E-state index contributed by atoms with van der Waals surface area (Å²) in [7, 11) is 0. The first-order valence-electron chi connectivity index (χ1n) is 3.52. The third kappa shape index (κ3) is 1.61. The number of hydrogen-bond donors (Lipinski definition) is 0. The van der Waals surface area contributed by atoms with E-state index in [2.05, 4.69) is 15.0 Å². The van der Waals surface area contributed by atoms with Crippen LogP contribution in [0.4, 0.5) is 5.69 Å². The van der Waals surface area contributed by atoms with Gasteiger partial charge in [-0.05, 0) is 20.8 Å². The predicted octanol–water partition coefficient (Wildman–Crippen LogP) is 1.82. The van der Waals surface area contributed by atoms with E-state index in [1.807, 2.05) is 20.8 Å². The highest BCUT2D eigenvalue weighted by Crippen LogP contribution is 2.17. The van der Waals surface area contributed by atoms with Crippen LogP contribution < -0.4 is 0 Å². The Kier molecular flexibility index (Phi) is 2.31. The van der Waals surface area contributed by atoms with Crippen LogP contribution in [0, 0.1) is 13.8 Å². The summed E-state index contributed by atoms with van der Waals surface area (Å²) < 4.78 is 0. The first kappa shape index (κ1) is 7.85. The number of nitrogens with zero attached hydrogens (tertiary/aromatic N) is 3. The summed E-state index contributed by atoms with van der Waals surface area (Å²) in [5.74, 6) is 0. The molecule has 1 rings (SSSR count). The van der Waals surface area contributed by atoms with E-state index in [0.29, 0.717) is 0 Å². The van der Waals surface area contributed by atoms with Gasteiger partial charge in [0, 0.05) is 6.21 Å². The van der Waals surface area contributed by atoms with Gasteiger partial charge in [-0.2, -0.15) is 0 Å². The molecule has 0 N–H and O–H groups in total. The van der Waals surface area contributed by atoms with Crippen LogP contribution in [0.1, 0.15) is 18.3 Å². The van der Waals surface area contributed by atoms with E-state index in [9.17, 15) is 0 Å². The van der Waals surface area contributed by atoms with E-state index in [4.69, 9.17) is 0 Å². The van der Waals surface area contributed by atoms with Crippen molar-refractivity contribution in [3.8, 4) is 0 Å². The van der Waals surface area contributed by atoms with Gasteiger partial charge in [0.2, 0.25) is 0 Å². The molecule has 58 valence electrons.